The van der Waals surface area contributed by atoms with Gasteiger partial charge in [-0.1, -0.05) is 48.5 Å². The van der Waals surface area contributed by atoms with Crippen molar-refractivity contribution in [3.05, 3.63) is 76.9 Å². The van der Waals surface area contributed by atoms with E-state index in [0.717, 1.165) is 24.8 Å². The van der Waals surface area contributed by atoms with Crippen LogP contribution in [-0.4, -0.2) is 49.0 Å². The third kappa shape index (κ3) is 2.76. The van der Waals surface area contributed by atoms with Gasteiger partial charge in [-0.2, -0.15) is 0 Å². The van der Waals surface area contributed by atoms with Crippen LogP contribution in [0.4, 0.5) is 0 Å². The van der Waals surface area contributed by atoms with E-state index >= 15 is 0 Å². The number of rotatable bonds is 6. The zero-order valence-electron chi connectivity index (χ0n) is 23.2. The molecule has 7 aliphatic rings. The van der Waals surface area contributed by atoms with E-state index in [0.29, 0.717) is 18.6 Å². The number of ether oxygens (including phenoxy) is 3. The van der Waals surface area contributed by atoms with Crippen LogP contribution in [0.25, 0.3) is 10.8 Å². The van der Waals surface area contributed by atoms with Crippen LogP contribution < -0.4 is 4.74 Å². The number of likely N-dealkylation sites (tertiary alicyclic amines) is 1. The Kier molecular flexibility index (Phi) is 4.70. The summed E-state index contributed by atoms with van der Waals surface area (Å²) in [6, 6.07) is 21.2. The molecule has 202 valence electrons. The summed E-state index contributed by atoms with van der Waals surface area (Å²) in [7, 11) is 1.95. The highest BCUT2D eigenvalue weighted by atomic mass is 16.6. The number of hydrogen-bond donors (Lipinski definition) is 0. The van der Waals surface area contributed by atoms with Crippen LogP contribution >= 0.6 is 0 Å². The molecule has 5 aliphatic carbocycles. The molecule has 0 aromatic heterocycles. The van der Waals surface area contributed by atoms with Gasteiger partial charge in [0.25, 0.3) is 0 Å². The Bertz CT molecular complexity index is 1490. The van der Waals surface area contributed by atoms with E-state index in [-0.39, 0.29) is 22.5 Å². The number of piperidine rings is 1. The highest BCUT2D eigenvalue weighted by molar-refractivity contribution is 5.85. The monoisotopic (exact) mass is 521 g/mol. The molecule has 10 rings (SSSR count). The Morgan fingerprint density at radius 2 is 1.87 bits per heavy atom. The Hall–Kier alpha value is -2.40. The third-order valence-corrected chi connectivity index (χ3v) is 12.3. The predicted octanol–water partition coefficient (Wildman–Crippen LogP) is 6.34. The average molecular weight is 522 g/mol. The molecule has 3 aromatic rings. The fourth-order valence-corrected chi connectivity index (χ4v) is 10.6. The van der Waals surface area contributed by atoms with Crippen LogP contribution in [0.15, 0.2) is 54.6 Å². The van der Waals surface area contributed by atoms with Crippen LogP contribution in [0.5, 0.6) is 5.75 Å². The first kappa shape index (κ1) is 23.3. The third-order valence-electron chi connectivity index (χ3n) is 12.3. The van der Waals surface area contributed by atoms with E-state index in [2.05, 4.69) is 66.4 Å². The van der Waals surface area contributed by atoms with Crippen LogP contribution in [0, 0.1) is 18.3 Å². The average Bonchev–Trinajstić information content (AvgIpc) is 3.74. The van der Waals surface area contributed by atoms with Gasteiger partial charge in [0, 0.05) is 41.5 Å². The molecule has 0 unspecified atom stereocenters. The van der Waals surface area contributed by atoms with Crippen molar-refractivity contribution < 1.29 is 14.2 Å². The smallest absolute Gasteiger partial charge is 0.138 e. The van der Waals surface area contributed by atoms with Gasteiger partial charge >= 0.3 is 0 Å². The van der Waals surface area contributed by atoms with Gasteiger partial charge in [-0.15, -0.1) is 0 Å². The summed E-state index contributed by atoms with van der Waals surface area (Å²) in [6.45, 7) is 4.91. The van der Waals surface area contributed by atoms with Crippen molar-refractivity contribution in [2.45, 2.75) is 87.7 Å². The number of fused-ring (bicyclic) bond motifs is 3. The van der Waals surface area contributed by atoms with Crippen molar-refractivity contribution in [2.24, 2.45) is 11.3 Å². The highest BCUT2D eigenvalue weighted by Crippen LogP contribution is 2.76. The first-order valence-corrected chi connectivity index (χ1v) is 15.3. The van der Waals surface area contributed by atoms with Crippen LogP contribution in [0.2, 0.25) is 0 Å². The molecule has 2 heterocycles. The maximum Gasteiger partial charge on any atom is 0.138 e. The lowest BCUT2D eigenvalue weighted by atomic mass is 9.34. The number of nitrogens with zero attached hydrogens (tertiary/aromatic N) is 1. The molecule has 1 saturated heterocycles. The Morgan fingerprint density at radius 1 is 1.00 bits per heavy atom. The second-order valence-corrected chi connectivity index (χ2v) is 13.5. The summed E-state index contributed by atoms with van der Waals surface area (Å²) >= 11 is 0. The summed E-state index contributed by atoms with van der Waals surface area (Å²) in [5, 5.41) is 2.58. The van der Waals surface area contributed by atoms with E-state index in [4.69, 9.17) is 14.2 Å². The molecule has 4 saturated carbocycles. The molecule has 6 atom stereocenters. The molecular weight excluding hydrogens is 482 g/mol. The number of hydrogen-bond acceptors (Lipinski definition) is 4. The van der Waals surface area contributed by atoms with E-state index < -0.39 is 0 Å². The maximum atomic E-state index is 7.12. The van der Waals surface area contributed by atoms with E-state index in [1.54, 1.807) is 11.1 Å². The highest BCUT2D eigenvalue weighted by Gasteiger charge is 2.80. The van der Waals surface area contributed by atoms with Gasteiger partial charge in [0.2, 0.25) is 0 Å². The lowest BCUT2D eigenvalue weighted by Gasteiger charge is -2.74. The van der Waals surface area contributed by atoms with Gasteiger partial charge in [-0.3, -0.25) is 4.90 Å². The first-order valence-electron chi connectivity index (χ1n) is 15.3. The zero-order chi connectivity index (χ0) is 26.0. The van der Waals surface area contributed by atoms with E-state index in [1.807, 2.05) is 7.11 Å². The number of benzene rings is 3. The van der Waals surface area contributed by atoms with Crippen molar-refractivity contribution in [2.75, 3.05) is 20.3 Å². The molecule has 5 fully saturated rings. The number of methoxy groups -OCH3 is 1. The van der Waals surface area contributed by atoms with Crippen molar-refractivity contribution >= 4 is 10.8 Å². The lowest BCUT2D eigenvalue weighted by molar-refractivity contribution is -0.284. The molecule has 4 nitrogen and oxygen atoms in total. The topological polar surface area (TPSA) is 30.9 Å². The molecular formula is C35H39NO3. The zero-order valence-corrected chi connectivity index (χ0v) is 23.2. The van der Waals surface area contributed by atoms with Gasteiger partial charge in [0.1, 0.15) is 17.5 Å². The molecule has 4 heteroatoms. The summed E-state index contributed by atoms with van der Waals surface area (Å²) in [5.41, 5.74) is 5.94. The Morgan fingerprint density at radius 3 is 2.74 bits per heavy atom. The fraction of sp³-hybridized carbons (Fsp3) is 0.543. The van der Waals surface area contributed by atoms with Crippen LogP contribution in [0.1, 0.15) is 60.8 Å². The van der Waals surface area contributed by atoms with Crippen LogP contribution in [0.3, 0.4) is 0 Å². The molecule has 39 heavy (non-hydrogen) atoms. The Labute approximate surface area is 231 Å². The fourth-order valence-electron chi connectivity index (χ4n) is 10.6. The summed E-state index contributed by atoms with van der Waals surface area (Å²) in [6.07, 6.45) is 8.77. The lowest BCUT2D eigenvalue weighted by Crippen LogP contribution is -2.81. The summed E-state index contributed by atoms with van der Waals surface area (Å²) in [4.78, 5) is 2.95. The van der Waals surface area contributed by atoms with Crippen LogP contribution in [-0.2, 0) is 27.9 Å². The van der Waals surface area contributed by atoms with Crippen molar-refractivity contribution in [3.63, 3.8) is 0 Å². The van der Waals surface area contributed by atoms with Crippen molar-refractivity contribution in [1.82, 2.24) is 4.90 Å². The molecule has 2 spiro atoms. The number of aryl methyl sites for hydroxylation is 1. The van der Waals surface area contributed by atoms with Gasteiger partial charge in [-0.05, 0) is 91.9 Å². The van der Waals surface area contributed by atoms with Crippen molar-refractivity contribution in [3.8, 4) is 5.75 Å². The van der Waals surface area contributed by atoms with Gasteiger partial charge in [0.15, 0.2) is 0 Å². The molecule has 3 aromatic carbocycles. The second kappa shape index (κ2) is 7.87. The minimum absolute atomic E-state index is 0.0817. The maximum absolute atomic E-state index is 7.12. The minimum Gasteiger partial charge on any atom is -0.486 e. The molecule has 2 aliphatic heterocycles. The largest absolute Gasteiger partial charge is 0.486 e. The first-order chi connectivity index (χ1) is 19.1. The predicted molar refractivity (Wildman–Crippen MR) is 152 cm³/mol. The molecule has 0 radical (unpaired) electrons. The van der Waals surface area contributed by atoms with Gasteiger partial charge in [0.05, 0.1) is 13.2 Å². The van der Waals surface area contributed by atoms with Gasteiger partial charge in [-0.25, -0.2) is 0 Å². The SMILES string of the molecule is CO[C@]12CC[C@@]3(C[C@@H]1COCc1cccc4ccccc14)[C@H]1Cc4c(C)ccc5c4[C@@]3(CCN1C1CC1)[C@H]2O5. The summed E-state index contributed by atoms with van der Waals surface area (Å²) in [5.74, 6) is 1.49. The van der Waals surface area contributed by atoms with Crippen molar-refractivity contribution in [1.29, 1.82) is 0 Å². The normalized spacial score (nSPS) is 37.6. The standard InChI is InChI=1S/C35H39NO3/c1-22-10-13-29-31-28(22)18-30-33-14-15-35(37-2,32(39-29)34(31,33)16-17-36(30)26-11-12-26)25(19-33)21-38-20-24-8-5-7-23-6-3-4-9-27(23)24/h3-10,13,25-26,30,32H,11-12,14-21H2,1-2H3/t25-,30-,32-,33-,34+,35-/m1/s1. The van der Waals surface area contributed by atoms with Gasteiger partial charge < -0.3 is 14.2 Å². The Balaban J connectivity index is 1.11. The quantitative estimate of drug-likeness (QED) is 0.379. The molecule has 0 amide bonds. The molecule has 4 bridgehead atoms. The minimum atomic E-state index is -0.297. The molecule has 0 N–H and O–H groups in total. The van der Waals surface area contributed by atoms with E-state index in [9.17, 15) is 0 Å². The summed E-state index contributed by atoms with van der Waals surface area (Å²) < 4.78 is 20.5. The van der Waals surface area contributed by atoms with E-state index in [1.165, 1.54) is 67.0 Å². The second-order valence-electron chi connectivity index (χ2n) is 13.5.